The van der Waals surface area contributed by atoms with Crippen LogP contribution in [0.5, 0.6) is 0 Å². The Morgan fingerprint density at radius 1 is 1.00 bits per heavy atom. The van der Waals surface area contributed by atoms with E-state index in [0.717, 1.165) is 38.8 Å². The van der Waals surface area contributed by atoms with E-state index in [0.29, 0.717) is 48.4 Å². The number of aromatic nitrogens is 2. The molecule has 0 bridgehead atoms. The molecule has 0 spiro atoms. The molecule has 256 valence electrons. The summed E-state index contributed by atoms with van der Waals surface area (Å²) in [5.74, 6) is -1.78. The second-order valence-electron chi connectivity index (χ2n) is 13.0. The van der Waals surface area contributed by atoms with Gasteiger partial charge in [-0.1, -0.05) is 32.8 Å². The fourth-order valence-corrected chi connectivity index (χ4v) is 6.35. The maximum atomic E-state index is 15.7. The van der Waals surface area contributed by atoms with Crippen LogP contribution in [-0.4, -0.2) is 81.5 Å². The number of piperazine rings is 1. The molecule has 2 aliphatic rings. The van der Waals surface area contributed by atoms with Crippen molar-refractivity contribution in [3.63, 3.8) is 0 Å². The zero-order valence-corrected chi connectivity index (χ0v) is 28.6. The Morgan fingerprint density at radius 3 is 2.28 bits per heavy atom. The first-order valence-corrected chi connectivity index (χ1v) is 16.9. The second-order valence-corrected chi connectivity index (χ2v) is 13.0. The maximum Gasteiger partial charge on any atom is 0.270 e. The van der Waals surface area contributed by atoms with Gasteiger partial charge in [-0.25, -0.2) is 4.39 Å². The first-order chi connectivity index (χ1) is 22.4. The third-order valence-corrected chi connectivity index (χ3v) is 9.52. The summed E-state index contributed by atoms with van der Waals surface area (Å²) in [6.45, 7) is 14.7. The van der Waals surface area contributed by atoms with Gasteiger partial charge in [-0.05, 0) is 81.7 Å². The van der Waals surface area contributed by atoms with Crippen LogP contribution in [0.1, 0.15) is 89.7 Å². The van der Waals surface area contributed by atoms with Gasteiger partial charge in [0.2, 0.25) is 11.8 Å². The molecular weight excluding hydrogens is 601 g/mol. The van der Waals surface area contributed by atoms with E-state index in [4.69, 9.17) is 0 Å². The molecule has 2 aromatic rings. The van der Waals surface area contributed by atoms with Crippen molar-refractivity contribution in [1.29, 1.82) is 0 Å². The van der Waals surface area contributed by atoms with E-state index in [1.165, 1.54) is 12.1 Å². The van der Waals surface area contributed by atoms with Gasteiger partial charge in [-0.3, -0.25) is 28.8 Å². The van der Waals surface area contributed by atoms with E-state index in [1.54, 1.807) is 41.8 Å². The molecule has 3 N–H and O–H groups in total. The van der Waals surface area contributed by atoms with Gasteiger partial charge >= 0.3 is 0 Å². The van der Waals surface area contributed by atoms with Crippen LogP contribution >= 0.6 is 0 Å². The number of anilines is 1. The number of amides is 4. The Bertz CT molecular complexity index is 1470. The molecule has 2 heterocycles. The Labute approximate surface area is 277 Å². The third kappa shape index (κ3) is 8.85. The number of nitrogens with zero attached hydrogens (tertiary/aromatic N) is 4. The number of carbonyl (C=O) groups is 4. The molecule has 0 radical (unpaired) electrons. The topological polar surface area (TPSA) is 129 Å². The summed E-state index contributed by atoms with van der Waals surface area (Å²) in [4.78, 5) is 57.0. The number of hydrogen-bond acceptors (Lipinski definition) is 6. The highest BCUT2D eigenvalue weighted by atomic mass is 19.1. The zero-order valence-electron chi connectivity index (χ0n) is 28.6. The summed E-state index contributed by atoms with van der Waals surface area (Å²) < 4.78 is 17.2. The molecule has 1 aliphatic carbocycles. The Balaban J connectivity index is 1.56. The minimum absolute atomic E-state index is 0.0381. The predicted octanol–water partition coefficient (Wildman–Crippen LogP) is 4.42. The second kappa shape index (κ2) is 16.2. The quantitative estimate of drug-likeness (QED) is 0.309. The molecule has 4 rings (SSSR count). The smallest absolute Gasteiger partial charge is 0.270 e. The third-order valence-electron chi connectivity index (χ3n) is 9.52. The van der Waals surface area contributed by atoms with E-state index in [1.807, 2.05) is 6.92 Å². The monoisotopic (exact) mass is 651 g/mol. The van der Waals surface area contributed by atoms with Crippen molar-refractivity contribution in [2.75, 3.05) is 31.5 Å². The maximum absolute atomic E-state index is 15.7. The fraction of sp³-hybridized carbons (Fsp3) is 0.571. The number of carbonyl (C=O) groups excluding carboxylic acids is 4. The van der Waals surface area contributed by atoms with E-state index in [2.05, 4.69) is 46.7 Å². The van der Waals surface area contributed by atoms with Crippen molar-refractivity contribution in [2.45, 2.75) is 92.3 Å². The minimum atomic E-state index is -0.861. The molecule has 1 saturated heterocycles. The Kier molecular flexibility index (Phi) is 12.3. The summed E-state index contributed by atoms with van der Waals surface area (Å²) in [5, 5.41) is 12.5. The van der Waals surface area contributed by atoms with Crippen LogP contribution in [0.15, 0.2) is 36.2 Å². The van der Waals surface area contributed by atoms with Crippen LogP contribution in [0.2, 0.25) is 0 Å². The SMILES string of the molecule is CCC(=O)N/C(C(=O)N1CCN(C(C)C)CC1)=C(\C)c1ccc(NC(=O)[C@@H](NC(=O)c2ccnn2CC)[C@H]2CC[C@H](C)CC2)c(F)c1. The van der Waals surface area contributed by atoms with Crippen LogP contribution in [-0.2, 0) is 20.9 Å². The molecule has 1 atom stereocenters. The lowest BCUT2D eigenvalue weighted by Gasteiger charge is -2.37. The normalized spacial score (nSPS) is 20.0. The molecule has 1 aromatic heterocycles. The van der Waals surface area contributed by atoms with E-state index >= 15 is 4.39 Å². The van der Waals surface area contributed by atoms with Crippen LogP contribution in [0.4, 0.5) is 10.1 Å². The lowest BCUT2D eigenvalue weighted by Crippen LogP contribution is -2.52. The average Bonchev–Trinajstić information content (AvgIpc) is 3.56. The predicted molar refractivity (Wildman–Crippen MR) is 180 cm³/mol. The largest absolute Gasteiger partial charge is 0.339 e. The van der Waals surface area contributed by atoms with Crippen molar-refractivity contribution in [2.24, 2.45) is 11.8 Å². The molecule has 2 fully saturated rings. The van der Waals surface area contributed by atoms with Gasteiger partial charge in [0.05, 0.1) is 5.69 Å². The lowest BCUT2D eigenvalue weighted by atomic mass is 9.79. The highest BCUT2D eigenvalue weighted by molar-refractivity contribution is 6.04. The van der Waals surface area contributed by atoms with Crippen LogP contribution in [0.3, 0.4) is 0 Å². The van der Waals surface area contributed by atoms with Crippen molar-refractivity contribution in [3.05, 3.63) is 53.2 Å². The zero-order chi connectivity index (χ0) is 34.2. The van der Waals surface area contributed by atoms with Gasteiger partial charge in [0.25, 0.3) is 11.8 Å². The molecule has 0 unspecified atom stereocenters. The molecule has 4 amide bonds. The average molecular weight is 652 g/mol. The summed E-state index contributed by atoms with van der Waals surface area (Å²) in [5.41, 5.74) is 1.26. The highest BCUT2D eigenvalue weighted by Crippen LogP contribution is 2.32. The lowest BCUT2D eigenvalue weighted by molar-refractivity contribution is -0.131. The van der Waals surface area contributed by atoms with Gasteiger partial charge in [0.1, 0.15) is 23.3 Å². The van der Waals surface area contributed by atoms with Gasteiger partial charge in [0, 0.05) is 51.4 Å². The highest BCUT2D eigenvalue weighted by Gasteiger charge is 2.34. The van der Waals surface area contributed by atoms with Gasteiger partial charge in [-0.15, -0.1) is 0 Å². The summed E-state index contributed by atoms with van der Waals surface area (Å²) in [6, 6.07) is 5.44. The summed E-state index contributed by atoms with van der Waals surface area (Å²) in [7, 11) is 0. The summed E-state index contributed by atoms with van der Waals surface area (Å²) >= 11 is 0. The molecule has 1 aliphatic heterocycles. The Hall–Kier alpha value is -4.06. The van der Waals surface area contributed by atoms with Crippen molar-refractivity contribution in [1.82, 2.24) is 30.2 Å². The van der Waals surface area contributed by atoms with Gasteiger partial charge in [0.15, 0.2) is 0 Å². The standard InChI is InChI=1S/C35H50FN7O4/c1-7-30(44)39-31(35(47)42-19-17-41(18-20-42)22(3)4)24(6)26-13-14-28(27(36)21-26)38-34(46)32(25-11-9-23(5)10-12-25)40-33(45)29-15-16-37-43(29)8-2/h13-16,21-23,25,32H,7-12,17-20H2,1-6H3,(H,38,46)(H,39,44)(H,40,45)/b31-24+/t23-,25-,32-/m0/s1. The number of hydrogen-bond donors (Lipinski definition) is 3. The molecule has 11 nitrogen and oxygen atoms in total. The van der Waals surface area contributed by atoms with Crippen LogP contribution in [0, 0.1) is 17.7 Å². The number of nitrogens with one attached hydrogen (secondary N) is 3. The molecule has 1 saturated carbocycles. The van der Waals surface area contributed by atoms with Crippen molar-refractivity contribution < 1.29 is 23.6 Å². The number of aryl methyl sites for hydroxylation is 1. The van der Waals surface area contributed by atoms with E-state index in [9.17, 15) is 19.2 Å². The van der Waals surface area contributed by atoms with E-state index in [-0.39, 0.29) is 35.5 Å². The first-order valence-electron chi connectivity index (χ1n) is 16.9. The van der Waals surface area contributed by atoms with Gasteiger partial charge in [-0.2, -0.15) is 5.10 Å². The molecule has 47 heavy (non-hydrogen) atoms. The number of rotatable bonds is 11. The number of halogens is 1. The minimum Gasteiger partial charge on any atom is -0.339 e. The Morgan fingerprint density at radius 2 is 1.68 bits per heavy atom. The summed E-state index contributed by atoms with van der Waals surface area (Å²) in [6.07, 6.45) is 5.14. The van der Waals surface area contributed by atoms with Crippen LogP contribution in [0.25, 0.3) is 5.57 Å². The van der Waals surface area contributed by atoms with E-state index < -0.39 is 23.7 Å². The number of allylic oxidation sites excluding steroid dienone is 1. The van der Waals surface area contributed by atoms with Crippen LogP contribution < -0.4 is 16.0 Å². The fourth-order valence-electron chi connectivity index (χ4n) is 6.35. The van der Waals surface area contributed by atoms with Crippen molar-refractivity contribution in [3.8, 4) is 0 Å². The first kappa shape index (κ1) is 35.8. The van der Waals surface area contributed by atoms with Gasteiger partial charge < -0.3 is 20.9 Å². The molecule has 1 aromatic carbocycles. The molecule has 12 heteroatoms. The molecular formula is C35H50FN7O4. The van der Waals surface area contributed by atoms with Crippen molar-refractivity contribution >= 4 is 34.9 Å². The number of benzene rings is 1.